The van der Waals surface area contributed by atoms with Gasteiger partial charge < -0.3 is 33.8 Å². The highest BCUT2D eigenvalue weighted by molar-refractivity contribution is 5.73. The molecule has 2 saturated heterocycles. The molecule has 8 heteroatoms. The van der Waals surface area contributed by atoms with Crippen LogP contribution < -0.4 is 10.1 Å². The van der Waals surface area contributed by atoms with Crippen molar-refractivity contribution in [2.75, 3.05) is 6.61 Å². The van der Waals surface area contributed by atoms with Crippen LogP contribution in [0.25, 0.3) is 0 Å². The molecule has 1 aromatic carbocycles. The van der Waals surface area contributed by atoms with E-state index in [1.807, 2.05) is 24.3 Å². The van der Waals surface area contributed by atoms with Crippen LogP contribution in [0.1, 0.15) is 50.7 Å². The lowest BCUT2D eigenvalue weighted by atomic mass is 9.95. The third-order valence-electron chi connectivity index (χ3n) is 5.82. The molecule has 1 amide bonds. The summed E-state index contributed by atoms with van der Waals surface area (Å²) >= 11 is 0. The molecule has 0 saturated carbocycles. The largest absolute Gasteiger partial charge is 0.464 e. The standard InChI is InChI=1S/C23H29NO7/c1-4-13(2)15-7-9-16(10-8-15)29-23-19(24-14(3)25)20(26)21-18(30-23)12-28-22(31-21)17-6-5-11-27-17/h5-11,13,18-23,26H,4,12H2,1-3H3,(H,24,25). The van der Waals surface area contributed by atoms with Crippen molar-refractivity contribution in [2.45, 2.75) is 70.0 Å². The average molecular weight is 431 g/mol. The molecule has 0 aliphatic carbocycles. The fraction of sp³-hybridized carbons (Fsp3) is 0.522. The van der Waals surface area contributed by atoms with E-state index in [0.29, 0.717) is 17.4 Å². The molecule has 2 aromatic rings. The molecular formula is C23H29NO7. The first-order chi connectivity index (χ1) is 15.0. The Morgan fingerprint density at radius 1 is 1.26 bits per heavy atom. The number of furan rings is 1. The zero-order valence-electron chi connectivity index (χ0n) is 17.9. The molecule has 0 spiro atoms. The average Bonchev–Trinajstić information content (AvgIpc) is 3.31. The quantitative estimate of drug-likeness (QED) is 0.726. The van der Waals surface area contributed by atoms with Crippen molar-refractivity contribution in [3.63, 3.8) is 0 Å². The SMILES string of the molecule is CCC(C)c1ccc(OC2OC3COC(c4ccco4)OC3C(O)C2NC(C)=O)cc1. The lowest BCUT2D eigenvalue weighted by Gasteiger charge is -2.47. The van der Waals surface area contributed by atoms with Crippen LogP contribution in [-0.4, -0.2) is 48.3 Å². The van der Waals surface area contributed by atoms with Gasteiger partial charge in [0.25, 0.3) is 0 Å². The second kappa shape index (κ2) is 9.40. The first-order valence-electron chi connectivity index (χ1n) is 10.6. The highest BCUT2D eigenvalue weighted by Crippen LogP contribution is 2.35. The fourth-order valence-electron chi connectivity index (χ4n) is 3.89. The number of hydrogen-bond acceptors (Lipinski definition) is 7. The molecule has 31 heavy (non-hydrogen) atoms. The van der Waals surface area contributed by atoms with Crippen molar-refractivity contribution in [1.82, 2.24) is 5.32 Å². The van der Waals surface area contributed by atoms with Gasteiger partial charge in [-0.25, -0.2) is 0 Å². The van der Waals surface area contributed by atoms with Crippen molar-refractivity contribution in [2.24, 2.45) is 0 Å². The van der Waals surface area contributed by atoms with E-state index in [2.05, 4.69) is 19.2 Å². The van der Waals surface area contributed by atoms with E-state index in [0.717, 1.165) is 6.42 Å². The Hall–Kier alpha value is -2.39. The van der Waals surface area contributed by atoms with E-state index in [9.17, 15) is 9.90 Å². The first-order valence-corrected chi connectivity index (χ1v) is 10.6. The number of fused-ring (bicyclic) bond motifs is 1. The molecule has 0 bridgehead atoms. The molecule has 3 heterocycles. The summed E-state index contributed by atoms with van der Waals surface area (Å²) in [6.07, 6.45) is -1.42. The molecular weight excluding hydrogens is 402 g/mol. The summed E-state index contributed by atoms with van der Waals surface area (Å²) < 4.78 is 29.1. The summed E-state index contributed by atoms with van der Waals surface area (Å²) in [6, 6.07) is 10.4. The van der Waals surface area contributed by atoms with Crippen LogP contribution in [0.5, 0.6) is 5.75 Å². The number of carbonyl (C=O) groups excluding carboxylic acids is 1. The molecule has 1 aromatic heterocycles. The van der Waals surface area contributed by atoms with Crippen LogP contribution in [0.3, 0.4) is 0 Å². The van der Waals surface area contributed by atoms with Crippen LogP contribution in [0.4, 0.5) is 0 Å². The number of benzene rings is 1. The summed E-state index contributed by atoms with van der Waals surface area (Å²) in [6.45, 7) is 5.88. The molecule has 2 aliphatic heterocycles. The Labute approximate surface area is 181 Å². The fourth-order valence-corrected chi connectivity index (χ4v) is 3.89. The molecule has 8 nitrogen and oxygen atoms in total. The van der Waals surface area contributed by atoms with Gasteiger partial charge in [-0.3, -0.25) is 4.79 Å². The summed E-state index contributed by atoms with van der Waals surface area (Å²) in [5.74, 6) is 1.24. The van der Waals surface area contributed by atoms with Crippen LogP contribution in [-0.2, 0) is 19.0 Å². The van der Waals surface area contributed by atoms with E-state index in [4.69, 9.17) is 23.4 Å². The maximum atomic E-state index is 11.8. The third-order valence-corrected chi connectivity index (χ3v) is 5.82. The van der Waals surface area contributed by atoms with Crippen molar-refractivity contribution >= 4 is 5.91 Å². The zero-order chi connectivity index (χ0) is 22.0. The Bertz CT molecular complexity index is 853. The number of amides is 1. The Morgan fingerprint density at radius 2 is 2.03 bits per heavy atom. The number of carbonyl (C=O) groups is 1. The molecule has 4 rings (SSSR count). The van der Waals surface area contributed by atoms with E-state index in [1.54, 1.807) is 12.1 Å². The highest BCUT2D eigenvalue weighted by Gasteiger charge is 2.51. The van der Waals surface area contributed by atoms with Gasteiger partial charge in [0.1, 0.15) is 30.1 Å². The van der Waals surface area contributed by atoms with Gasteiger partial charge in [0.05, 0.1) is 12.9 Å². The molecule has 2 N–H and O–H groups in total. The predicted molar refractivity (Wildman–Crippen MR) is 110 cm³/mol. The molecule has 2 aliphatic rings. The van der Waals surface area contributed by atoms with Gasteiger partial charge in [-0.15, -0.1) is 0 Å². The van der Waals surface area contributed by atoms with Crippen molar-refractivity contribution < 1.29 is 33.3 Å². The van der Waals surface area contributed by atoms with Gasteiger partial charge in [0, 0.05) is 6.92 Å². The topological polar surface area (TPSA) is 99.4 Å². The van der Waals surface area contributed by atoms with Gasteiger partial charge in [-0.2, -0.15) is 0 Å². The lowest BCUT2D eigenvalue weighted by molar-refractivity contribution is -0.336. The van der Waals surface area contributed by atoms with Crippen molar-refractivity contribution in [3.05, 3.63) is 54.0 Å². The highest BCUT2D eigenvalue weighted by atomic mass is 16.8. The third kappa shape index (κ3) is 4.77. The molecule has 7 atom stereocenters. The number of rotatable bonds is 6. The van der Waals surface area contributed by atoms with Crippen molar-refractivity contribution in [3.8, 4) is 5.75 Å². The normalized spacial score (nSPS) is 31.5. The summed E-state index contributed by atoms with van der Waals surface area (Å²) in [5.41, 5.74) is 1.22. The number of aliphatic hydroxyl groups excluding tert-OH is 1. The Kier molecular flexibility index (Phi) is 6.62. The summed E-state index contributed by atoms with van der Waals surface area (Å²) in [5, 5.41) is 13.8. The van der Waals surface area contributed by atoms with Crippen LogP contribution in [0.2, 0.25) is 0 Å². The maximum Gasteiger partial charge on any atom is 0.223 e. The predicted octanol–water partition coefficient (Wildman–Crippen LogP) is 2.88. The number of ether oxygens (including phenoxy) is 4. The van der Waals surface area contributed by atoms with Crippen molar-refractivity contribution in [1.29, 1.82) is 0 Å². The smallest absolute Gasteiger partial charge is 0.223 e. The first kappa shape index (κ1) is 21.8. The molecule has 0 radical (unpaired) electrons. The minimum absolute atomic E-state index is 0.187. The van der Waals surface area contributed by atoms with Gasteiger partial charge in [-0.05, 0) is 42.2 Å². The Morgan fingerprint density at radius 3 is 2.68 bits per heavy atom. The van der Waals surface area contributed by atoms with Gasteiger partial charge >= 0.3 is 0 Å². The second-order valence-electron chi connectivity index (χ2n) is 8.04. The van der Waals surface area contributed by atoms with E-state index in [-0.39, 0.29) is 12.5 Å². The second-order valence-corrected chi connectivity index (χ2v) is 8.04. The van der Waals surface area contributed by atoms with Gasteiger partial charge in [-0.1, -0.05) is 26.0 Å². The van der Waals surface area contributed by atoms with E-state index < -0.39 is 36.9 Å². The monoisotopic (exact) mass is 431 g/mol. The molecule has 7 unspecified atom stereocenters. The van der Waals surface area contributed by atoms with Gasteiger partial charge in [0.2, 0.25) is 18.5 Å². The number of nitrogens with one attached hydrogen (secondary N) is 1. The molecule has 2 fully saturated rings. The number of aliphatic hydroxyl groups is 1. The lowest BCUT2D eigenvalue weighted by Crippen LogP contribution is -2.67. The minimum atomic E-state index is -1.06. The molecule has 168 valence electrons. The van der Waals surface area contributed by atoms with E-state index >= 15 is 0 Å². The van der Waals surface area contributed by atoms with Crippen LogP contribution >= 0.6 is 0 Å². The minimum Gasteiger partial charge on any atom is -0.464 e. The Balaban J connectivity index is 1.50. The summed E-state index contributed by atoms with van der Waals surface area (Å²) in [4.78, 5) is 11.8. The maximum absolute atomic E-state index is 11.8. The van der Waals surface area contributed by atoms with Crippen LogP contribution in [0.15, 0.2) is 47.1 Å². The van der Waals surface area contributed by atoms with Gasteiger partial charge in [0.15, 0.2) is 5.76 Å². The number of hydrogen-bond donors (Lipinski definition) is 2. The van der Waals surface area contributed by atoms with E-state index in [1.165, 1.54) is 18.8 Å². The summed E-state index contributed by atoms with van der Waals surface area (Å²) in [7, 11) is 0. The zero-order valence-corrected chi connectivity index (χ0v) is 17.9. The van der Waals surface area contributed by atoms with Crippen LogP contribution in [0, 0.1) is 0 Å².